The molecule has 0 fully saturated rings. The number of carbonyl (C=O) groups excluding carboxylic acids is 3. The molecule has 1 aromatic carbocycles. The summed E-state index contributed by atoms with van der Waals surface area (Å²) in [5.41, 5.74) is -1.28. The van der Waals surface area contributed by atoms with Gasteiger partial charge >= 0.3 is 12.0 Å². The van der Waals surface area contributed by atoms with Crippen LogP contribution in [-0.4, -0.2) is 43.5 Å². The monoisotopic (exact) mass is 427 g/mol. The van der Waals surface area contributed by atoms with E-state index in [2.05, 4.69) is 15.4 Å². The molecule has 0 radical (unpaired) electrons. The molecule has 0 saturated heterocycles. The van der Waals surface area contributed by atoms with E-state index in [1.807, 2.05) is 0 Å². The topological polar surface area (TPSA) is 131 Å². The van der Waals surface area contributed by atoms with Crippen molar-refractivity contribution in [1.82, 2.24) is 15.4 Å². The fourth-order valence-electron chi connectivity index (χ4n) is 2.12. The minimum absolute atomic E-state index is 0.0411. The van der Waals surface area contributed by atoms with E-state index in [1.54, 1.807) is 41.5 Å². The van der Waals surface area contributed by atoms with Crippen LogP contribution in [0.15, 0.2) is 29.2 Å². The van der Waals surface area contributed by atoms with Gasteiger partial charge in [0, 0.05) is 11.1 Å². The zero-order chi connectivity index (χ0) is 22.6. The number of benzene rings is 1. The van der Waals surface area contributed by atoms with Crippen LogP contribution in [0.4, 0.5) is 4.79 Å². The van der Waals surface area contributed by atoms with Gasteiger partial charge in [-0.2, -0.15) is 0 Å². The first-order valence-electron chi connectivity index (χ1n) is 8.98. The lowest BCUT2D eigenvalue weighted by molar-refractivity contribution is -0.127. The van der Waals surface area contributed by atoms with Gasteiger partial charge in [-0.25, -0.2) is 22.7 Å². The largest absolute Gasteiger partial charge is 0.449 e. The van der Waals surface area contributed by atoms with E-state index in [-0.39, 0.29) is 10.5 Å². The van der Waals surface area contributed by atoms with Gasteiger partial charge in [-0.3, -0.25) is 10.1 Å². The summed E-state index contributed by atoms with van der Waals surface area (Å²) in [6, 6.07) is 4.56. The molecule has 1 rings (SSSR count). The van der Waals surface area contributed by atoms with Crippen molar-refractivity contribution in [2.75, 3.05) is 0 Å². The molecule has 10 heteroatoms. The summed E-state index contributed by atoms with van der Waals surface area (Å²) < 4.78 is 32.4. The Bertz CT molecular complexity index is 882. The SMILES string of the molecule is C[C@H](OC(=O)c1cccc(S(=O)(=O)NC(C)(C)C)c1)C(=O)NC(=O)NC(C)(C)C. The standard InChI is InChI=1S/C19H29N3O6S/c1-12(15(23)20-17(25)21-18(2,3)4)28-16(24)13-9-8-10-14(11-13)29(26,27)22-19(5,6)7/h8-12,22H,1-7H3,(H2,20,21,23,25)/t12-/m0/s1. The van der Waals surface area contributed by atoms with Gasteiger partial charge in [-0.05, 0) is 66.7 Å². The Labute approximate surface area is 171 Å². The lowest BCUT2D eigenvalue weighted by Gasteiger charge is -2.21. The van der Waals surface area contributed by atoms with Crippen molar-refractivity contribution in [2.24, 2.45) is 0 Å². The molecule has 3 N–H and O–H groups in total. The highest BCUT2D eigenvalue weighted by molar-refractivity contribution is 7.89. The molecule has 162 valence electrons. The molecule has 0 aliphatic heterocycles. The highest BCUT2D eigenvalue weighted by atomic mass is 32.2. The Morgan fingerprint density at radius 3 is 2.10 bits per heavy atom. The third kappa shape index (κ3) is 8.61. The first-order valence-corrected chi connectivity index (χ1v) is 10.5. The van der Waals surface area contributed by atoms with Crippen molar-refractivity contribution in [1.29, 1.82) is 0 Å². The van der Waals surface area contributed by atoms with Crippen LogP contribution in [-0.2, 0) is 19.6 Å². The number of urea groups is 1. The molecule has 1 aromatic rings. The molecule has 0 saturated carbocycles. The molecule has 0 aliphatic rings. The van der Waals surface area contributed by atoms with Crippen LogP contribution in [0.25, 0.3) is 0 Å². The highest BCUT2D eigenvalue weighted by Crippen LogP contribution is 2.16. The van der Waals surface area contributed by atoms with E-state index in [0.717, 1.165) is 6.07 Å². The first-order chi connectivity index (χ1) is 13.0. The van der Waals surface area contributed by atoms with Crippen LogP contribution in [0.2, 0.25) is 0 Å². The van der Waals surface area contributed by atoms with Gasteiger partial charge in [0.15, 0.2) is 6.10 Å². The third-order valence-corrected chi connectivity index (χ3v) is 4.95. The third-order valence-electron chi connectivity index (χ3n) is 3.20. The number of ether oxygens (including phenoxy) is 1. The number of carbonyl (C=O) groups is 3. The molecule has 0 bridgehead atoms. The smallest absolute Gasteiger partial charge is 0.338 e. The summed E-state index contributed by atoms with van der Waals surface area (Å²) in [7, 11) is -3.84. The van der Waals surface area contributed by atoms with Gasteiger partial charge in [0.1, 0.15) is 0 Å². The van der Waals surface area contributed by atoms with Crippen molar-refractivity contribution in [3.63, 3.8) is 0 Å². The molecule has 29 heavy (non-hydrogen) atoms. The summed E-state index contributed by atoms with van der Waals surface area (Å²) >= 11 is 0. The fraction of sp³-hybridized carbons (Fsp3) is 0.526. The molecule has 0 heterocycles. The average Bonchev–Trinajstić information content (AvgIpc) is 2.50. The number of esters is 1. The average molecular weight is 428 g/mol. The number of nitrogens with one attached hydrogen (secondary N) is 3. The van der Waals surface area contributed by atoms with Crippen LogP contribution in [0.3, 0.4) is 0 Å². The van der Waals surface area contributed by atoms with Crippen molar-refractivity contribution >= 4 is 27.9 Å². The summed E-state index contributed by atoms with van der Waals surface area (Å²) in [5.74, 6) is -1.70. The van der Waals surface area contributed by atoms with Gasteiger partial charge in [0.25, 0.3) is 5.91 Å². The molecule has 0 unspecified atom stereocenters. The molecule has 1 atom stereocenters. The minimum atomic E-state index is -3.84. The number of amides is 3. The normalized spacial score (nSPS) is 13.3. The van der Waals surface area contributed by atoms with E-state index in [9.17, 15) is 22.8 Å². The van der Waals surface area contributed by atoms with E-state index >= 15 is 0 Å². The Kier molecular flexibility index (Phi) is 7.55. The van der Waals surface area contributed by atoms with Gasteiger partial charge in [0.2, 0.25) is 10.0 Å². The quantitative estimate of drug-likeness (QED) is 0.616. The Morgan fingerprint density at radius 1 is 1.00 bits per heavy atom. The van der Waals surface area contributed by atoms with E-state index in [0.29, 0.717) is 0 Å². The van der Waals surface area contributed by atoms with E-state index in [4.69, 9.17) is 4.74 Å². The van der Waals surface area contributed by atoms with Gasteiger partial charge in [0.05, 0.1) is 10.5 Å². The predicted molar refractivity (Wildman–Crippen MR) is 108 cm³/mol. The lowest BCUT2D eigenvalue weighted by atomic mass is 10.1. The Hall–Kier alpha value is -2.46. The van der Waals surface area contributed by atoms with Crippen LogP contribution in [0.1, 0.15) is 58.8 Å². The van der Waals surface area contributed by atoms with Crippen molar-refractivity contribution in [2.45, 2.75) is 70.5 Å². The van der Waals surface area contributed by atoms with Crippen LogP contribution < -0.4 is 15.4 Å². The number of imide groups is 1. The minimum Gasteiger partial charge on any atom is -0.449 e. The summed E-state index contributed by atoms with van der Waals surface area (Å²) in [5, 5.41) is 4.63. The number of hydrogen-bond donors (Lipinski definition) is 3. The second-order valence-corrected chi connectivity index (χ2v) is 10.3. The molecule has 0 aromatic heterocycles. The molecular formula is C19H29N3O6S. The summed E-state index contributed by atoms with van der Waals surface area (Å²) in [4.78, 5) is 36.0. The Morgan fingerprint density at radius 2 is 1.59 bits per heavy atom. The predicted octanol–water partition coefficient (Wildman–Crippen LogP) is 1.93. The summed E-state index contributed by atoms with van der Waals surface area (Å²) in [6.45, 7) is 11.6. The molecule has 0 aliphatic carbocycles. The molecule has 0 spiro atoms. The van der Waals surface area contributed by atoms with E-state index < -0.39 is 45.1 Å². The maximum atomic E-state index is 12.4. The fourth-order valence-corrected chi connectivity index (χ4v) is 3.58. The highest BCUT2D eigenvalue weighted by Gasteiger charge is 2.25. The van der Waals surface area contributed by atoms with Crippen molar-refractivity contribution < 1.29 is 27.5 Å². The van der Waals surface area contributed by atoms with Gasteiger partial charge in [-0.1, -0.05) is 6.07 Å². The van der Waals surface area contributed by atoms with Crippen molar-refractivity contribution in [3.05, 3.63) is 29.8 Å². The number of sulfonamides is 1. The maximum Gasteiger partial charge on any atom is 0.338 e. The zero-order valence-corrected chi connectivity index (χ0v) is 18.6. The van der Waals surface area contributed by atoms with Crippen LogP contribution >= 0.6 is 0 Å². The van der Waals surface area contributed by atoms with Gasteiger partial charge < -0.3 is 10.1 Å². The number of rotatable bonds is 5. The molecular weight excluding hydrogens is 398 g/mol. The second kappa shape index (κ2) is 8.91. The first kappa shape index (κ1) is 24.6. The molecule has 3 amide bonds. The van der Waals surface area contributed by atoms with Crippen LogP contribution in [0, 0.1) is 0 Å². The van der Waals surface area contributed by atoms with Gasteiger partial charge in [-0.15, -0.1) is 0 Å². The lowest BCUT2D eigenvalue weighted by Crippen LogP contribution is -2.50. The Balaban J connectivity index is 2.85. The van der Waals surface area contributed by atoms with Crippen molar-refractivity contribution in [3.8, 4) is 0 Å². The summed E-state index contributed by atoms with van der Waals surface area (Å²) in [6.07, 6.45) is -1.26. The van der Waals surface area contributed by atoms with E-state index in [1.165, 1.54) is 25.1 Å². The zero-order valence-electron chi connectivity index (χ0n) is 17.7. The van der Waals surface area contributed by atoms with Crippen LogP contribution in [0.5, 0.6) is 0 Å². The second-order valence-electron chi connectivity index (χ2n) is 8.62. The number of hydrogen-bond acceptors (Lipinski definition) is 6. The molecule has 9 nitrogen and oxygen atoms in total. The maximum absolute atomic E-state index is 12.4.